The number of hydrogen-bond acceptors (Lipinski definition) is 4. The summed E-state index contributed by atoms with van der Waals surface area (Å²) in [6.45, 7) is 5.29. The molecule has 0 saturated carbocycles. The SMILES string of the molecule is CC(C)(C)c1ncc(NC(=O)COc2ccccc2C(F)(F)F)cn1. The number of carbonyl (C=O) groups is 1. The molecule has 0 spiro atoms. The molecule has 0 saturated heterocycles. The Kier molecular flexibility index (Phi) is 5.30. The summed E-state index contributed by atoms with van der Waals surface area (Å²) in [5.41, 5.74) is -0.821. The molecule has 2 rings (SSSR count). The van der Waals surface area contributed by atoms with Gasteiger partial charge in [0, 0.05) is 5.41 Å². The van der Waals surface area contributed by atoms with E-state index in [1.807, 2.05) is 20.8 Å². The second-order valence-electron chi connectivity index (χ2n) is 6.38. The van der Waals surface area contributed by atoms with E-state index >= 15 is 0 Å². The number of ether oxygens (including phenoxy) is 1. The maximum absolute atomic E-state index is 12.9. The minimum atomic E-state index is -4.55. The zero-order valence-corrected chi connectivity index (χ0v) is 14.0. The highest BCUT2D eigenvalue weighted by Gasteiger charge is 2.34. The molecule has 1 heterocycles. The van der Waals surface area contributed by atoms with Crippen LogP contribution in [0, 0.1) is 0 Å². The van der Waals surface area contributed by atoms with E-state index in [9.17, 15) is 18.0 Å². The van der Waals surface area contributed by atoms with Gasteiger partial charge in [0.05, 0.1) is 23.6 Å². The highest BCUT2D eigenvalue weighted by atomic mass is 19.4. The van der Waals surface area contributed by atoms with Gasteiger partial charge in [-0.1, -0.05) is 32.9 Å². The van der Waals surface area contributed by atoms with E-state index in [0.717, 1.165) is 12.1 Å². The van der Waals surface area contributed by atoms with Gasteiger partial charge in [-0.3, -0.25) is 4.79 Å². The van der Waals surface area contributed by atoms with Crippen molar-refractivity contribution in [2.75, 3.05) is 11.9 Å². The lowest BCUT2D eigenvalue weighted by molar-refractivity contribution is -0.139. The van der Waals surface area contributed by atoms with E-state index in [1.165, 1.54) is 24.5 Å². The van der Waals surface area contributed by atoms with Gasteiger partial charge >= 0.3 is 6.18 Å². The number of nitrogens with one attached hydrogen (secondary N) is 1. The topological polar surface area (TPSA) is 64.1 Å². The molecule has 0 aliphatic rings. The van der Waals surface area contributed by atoms with Crippen LogP contribution in [0.4, 0.5) is 18.9 Å². The fraction of sp³-hybridized carbons (Fsp3) is 0.353. The van der Waals surface area contributed by atoms with Crippen molar-refractivity contribution in [2.45, 2.75) is 32.4 Å². The van der Waals surface area contributed by atoms with Gasteiger partial charge in [0.25, 0.3) is 5.91 Å². The van der Waals surface area contributed by atoms with Gasteiger partial charge in [-0.25, -0.2) is 9.97 Å². The van der Waals surface area contributed by atoms with E-state index in [0.29, 0.717) is 11.5 Å². The Morgan fingerprint density at radius 2 is 1.72 bits per heavy atom. The van der Waals surface area contributed by atoms with E-state index < -0.39 is 30.0 Å². The molecule has 0 bridgehead atoms. The van der Waals surface area contributed by atoms with E-state index in [4.69, 9.17) is 4.74 Å². The first-order valence-electron chi connectivity index (χ1n) is 7.49. The average molecular weight is 353 g/mol. The van der Waals surface area contributed by atoms with Crippen LogP contribution in [-0.4, -0.2) is 22.5 Å². The largest absolute Gasteiger partial charge is 0.483 e. The smallest absolute Gasteiger partial charge is 0.419 e. The number of hydrogen-bond donors (Lipinski definition) is 1. The molecule has 0 aliphatic carbocycles. The number of benzene rings is 1. The number of amides is 1. The summed E-state index contributed by atoms with van der Waals surface area (Å²) in [6.07, 6.45) is -1.67. The van der Waals surface area contributed by atoms with Gasteiger partial charge in [-0.05, 0) is 12.1 Å². The first-order chi connectivity index (χ1) is 11.6. The predicted molar refractivity (Wildman–Crippen MR) is 86.3 cm³/mol. The summed E-state index contributed by atoms with van der Waals surface area (Å²) in [4.78, 5) is 20.2. The number of anilines is 1. The summed E-state index contributed by atoms with van der Waals surface area (Å²) >= 11 is 0. The minimum absolute atomic E-state index is 0.229. The Morgan fingerprint density at radius 1 is 1.12 bits per heavy atom. The second-order valence-corrected chi connectivity index (χ2v) is 6.38. The molecule has 25 heavy (non-hydrogen) atoms. The number of para-hydroxylation sites is 1. The molecule has 0 aliphatic heterocycles. The lowest BCUT2D eigenvalue weighted by atomic mass is 9.96. The monoisotopic (exact) mass is 353 g/mol. The Labute approximate surface area is 143 Å². The predicted octanol–water partition coefficient (Wildman–Crippen LogP) is 3.81. The number of halogens is 3. The summed E-state index contributed by atoms with van der Waals surface area (Å²) in [5.74, 6) is -0.394. The maximum Gasteiger partial charge on any atom is 0.419 e. The van der Waals surface area contributed by atoms with E-state index in [-0.39, 0.29) is 5.41 Å². The molecule has 134 valence electrons. The van der Waals surface area contributed by atoms with Gasteiger partial charge in [-0.2, -0.15) is 13.2 Å². The van der Waals surface area contributed by atoms with Crippen molar-refractivity contribution in [3.8, 4) is 5.75 Å². The number of aromatic nitrogens is 2. The van der Waals surface area contributed by atoms with Crippen molar-refractivity contribution >= 4 is 11.6 Å². The molecule has 1 aromatic carbocycles. The standard InChI is InChI=1S/C17H18F3N3O2/c1-16(2,3)15-21-8-11(9-22-15)23-14(24)10-25-13-7-5-4-6-12(13)17(18,19)20/h4-9H,10H2,1-3H3,(H,23,24). The number of rotatable bonds is 4. The Hall–Kier alpha value is -2.64. The van der Waals surface area contributed by atoms with Gasteiger partial charge in [0.1, 0.15) is 11.6 Å². The molecular formula is C17H18F3N3O2. The van der Waals surface area contributed by atoms with Crippen LogP contribution in [0.3, 0.4) is 0 Å². The third-order valence-corrected chi connectivity index (χ3v) is 3.16. The van der Waals surface area contributed by atoms with Crippen molar-refractivity contribution in [1.29, 1.82) is 0 Å². The zero-order valence-electron chi connectivity index (χ0n) is 14.0. The van der Waals surface area contributed by atoms with Crippen molar-refractivity contribution < 1.29 is 22.7 Å². The van der Waals surface area contributed by atoms with Crippen LogP contribution in [0.15, 0.2) is 36.7 Å². The lowest BCUT2D eigenvalue weighted by Gasteiger charge is -2.16. The quantitative estimate of drug-likeness (QED) is 0.908. The average Bonchev–Trinajstić information content (AvgIpc) is 2.52. The molecule has 1 amide bonds. The molecule has 8 heteroatoms. The van der Waals surface area contributed by atoms with Crippen molar-refractivity contribution in [2.24, 2.45) is 0 Å². The fourth-order valence-corrected chi connectivity index (χ4v) is 1.95. The van der Waals surface area contributed by atoms with Crippen LogP contribution >= 0.6 is 0 Å². The molecule has 0 atom stereocenters. The van der Waals surface area contributed by atoms with Gasteiger partial charge in [0.2, 0.25) is 0 Å². The second kappa shape index (κ2) is 7.08. The highest BCUT2D eigenvalue weighted by Crippen LogP contribution is 2.35. The molecule has 0 unspecified atom stereocenters. The Balaban J connectivity index is 1.98. The molecule has 2 aromatic rings. The van der Waals surface area contributed by atoms with E-state index in [1.54, 1.807) is 0 Å². The third-order valence-electron chi connectivity index (χ3n) is 3.16. The first kappa shape index (κ1) is 18.7. The summed E-state index contributed by atoms with van der Waals surface area (Å²) in [6, 6.07) is 4.72. The van der Waals surface area contributed by atoms with Crippen LogP contribution in [0.5, 0.6) is 5.75 Å². The summed E-state index contributed by atoms with van der Waals surface area (Å²) in [7, 11) is 0. The van der Waals surface area contributed by atoms with Crippen LogP contribution < -0.4 is 10.1 Å². The van der Waals surface area contributed by atoms with Crippen molar-refractivity contribution in [3.63, 3.8) is 0 Å². The Bertz CT molecular complexity index is 738. The number of carbonyl (C=O) groups excluding carboxylic acids is 1. The number of nitrogens with zero attached hydrogens (tertiary/aromatic N) is 2. The van der Waals surface area contributed by atoms with Gasteiger partial charge < -0.3 is 10.1 Å². The van der Waals surface area contributed by atoms with E-state index in [2.05, 4.69) is 15.3 Å². The molecule has 0 radical (unpaired) electrons. The van der Waals surface area contributed by atoms with Gasteiger partial charge in [0.15, 0.2) is 6.61 Å². The maximum atomic E-state index is 12.9. The van der Waals surface area contributed by atoms with Crippen LogP contribution in [-0.2, 0) is 16.4 Å². The van der Waals surface area contributed by atoms with Crippen LogP contribution in [0.2, 0.25) is 0 Å². The summed E-state index contributed by atoms with van der Waals surface area (Å²) in [5, 5.41) is 2.48. The zero-order chi connectivity index (χ0) is 18.7. The molecule has 5 nitrogen and oxygen atoms in total. The first-order valence-corrected chi connectivity index (χ1v) is 7.49. The lowest BCUT2D eigenvalue weighted by Crippen LogP contribution is -2.22. The minimum Gasteiger partial charge on any atom is -0.483 e. The van der Waals surface area contributed by atoms with Crippen molar-refractivity contribution in [3.05, 3.63) is 48.0 Å². The third kappa shape index (κ3) is 5.17. The summed E-state index contributed by atoms with van der Waals surface area (Å²) < 4.78 is 43.6. The molecular weight excluding hydrogens is 335 g/mol. The van der Waals surface area contributed by atoms with Crippen LogP contribution in [0.1, 0.15) is 32.2 Å². The highest BCUT2D eigenvalue weighted by molar-refractivity contribution is 5.91. The Morgan fingerprint density at radius 3 is 2.28 bits per heavy atom. The molecule has 0 fully saturated rings. The molecule has 1 N–H and O–H groups in total. The van der Waals surface area contributed by atoms with Crippen LogP contribution in [0.25, 0.3) is 0 Å². The fourth-order valence-electron chi connectivity index (χ4n) is 1.95. The number of alkyl halides is 3. The van der Waals surface area contributed by atoms with Crippen molar-refractivity contribution in [1.82, 2.24) is 9.97 Å². The van der Waals surface area contributed by atoms with Gasteiger partial charge in [-0.15, -0.1) is 0 Å². The molecule has 1 aromatic heterocycles. The normalized spacial score (nSPS) is 11.9.